The van der Waals surface area contributed by atoms with Crippen LogP contribution in [0, 0.1) is 12.8 Å². The molecule has 1 aliphatic heterocycles. The number of carbonyl (C=O) groups is 1. The van der Waals surface area contributed by atoms with Crippen LogP contribution in [0.1, 0.15) is 25.3 Å². The van der Waals surface area contributed by atoms with E-state index in [1.807, 2.05) is 25.1 Å². The van der Waals surface area contributed by atoms with E-state index in [1.54, 1.807) is 0 Å². The molecule has 0 spiro atoms. The van der Waals surface area contributed by atoms with E-state index in [9.17, 15) is 4.79 Å². The zero-order valence-corrected chi connectivity index (χ0v) is 13.2. The Bertz CT molecular complexity index is 461. The number of nitrogens with zero attached hydrogens (tertiary/aromatic N) is 1. The molecule has 1 N–H and O–H groups in total. The normalized spacial score (nSPS) is 20.3. The van der Waals surface area contributed by atoms with Gasteiger partial charge in [-0.3, -0.25) is 9.69 Å². The van der Waals surface area contributed by atoms with Gasteiger partial charge in [0.1, 0.15) is 0 Å². The Morgan fingerprint density at radius 3 is 3.00 bits per heavy atom. The number of amides is 1. The summed E-state index contributed by atoms with van der Waals surface area (Å²) in [5, 5.41) is 2.97. The first-order chi connectivity index (χ1) is 9.04. The molecule has 1 amide bonds. The first kappa shape index (κ1) is 14.5. The Hall–Kier alpha value is -0.870. The predicted octanol–water partition coefficient (Wildman–Crippen LogP) is 3.43. The summed E-state index contributed by atoms with van der Waals surface area (Å²) in [5.41, 5.74) is 2.00. The largest absolute Gasteiger partial charge is 0.325 e. The van der Waals surface area contributed by atoms with E-state index >= 15 is 0 Å². The minimum absolute atomic E-state index is 0.0795. The van der Waals surface area contributed by atoms with Crippen molar-refractivity contribution >= 4 is 27.5 Å². The third kappa shape index (κ3) is 4.32. The van der Waals surface area contributed by atoms with Gasteiger partial charge in [0.25, 0.3) is 0 Å². The molecule has 3 nitrogen and oxygen atoms in total. The maximum Gasteiger partial charge on any atom is 0.238 e. The standard InChI is InChI=1S/C15H21BrN2O/c1-11-4-3-7-18(9-11)10-15(19)17-13-5-6-14(16)12(2)8-13/h5-6,8,11H,3-4,7,9-10H2,1-2H3,(H,17,19)/t11-/m1/s1. The van der Waals surface area contributed by atoms with E-state index in [2.05, 4.69) is 33.1 Å². The lowest BCUT2D eigenvalue weighted by Gasteiger charge is -2.30. The minimum atomic E-state index is 0.0795. The quantitative estimate of drug-likeness (QED) is 0.923. The second kappa shape index (κ2) is 6.53. The van der Waals surface area contributed by atoms with Crippen LogP contribution >= 0.6 is 15.9 Å². The summed E-state index contributed by atoms with van der Waals surface area (Å²) < 4.78 is 1.07. The molecule has 2 rings (SSSR count). The number of rotatable bonds is 3. The molecule has 1 saturated heterocycles. The van der Waals surface area contributed by atoms with Gasteiger partial charge in [-0.1, -0.05) is 22.9 Å². The molecular formula is C15H21BrN2O. The number of carbonyl (C=O) groups excluding carboxylic acids is 1. The van der Waals surface area contributed by atoms with Crippen molar-refractivity contribution in [1.29, 1.82) is 0 Å². The Morgan fingerprint density at radius 2 is 2.32 bits per heavy atom. The lowest BCUT2D eigenvalue weighted by Crippen LogP contribution is -2.39. The van der Waals surface area contributed by atoms with Crippen LogP contribution in [0.5, 0.6) is 0 Å². The molecule has 0 aliphatic carbocycles. The van der Waals surface area contributed by atoms with E-state index in [-0.39, 0.29) is 5.91 Å². The molecule has 4 heteroatoms. The van der Waals surface area contributed by atoms with E-state index < -0.39 is 0 Å². The van der Waals surface area contributed by atoms with E-state index in [4.69, 9.17) is 0 Å². The Balaban J connectivity index is 1.88. The van der Waals surface area contributed by atoms with Crippen LogP contribution in [-0.2, 0) is 4.79 Å². The van der Waals surface area contributed by atoms with Gasteiger partial charge in [0, 0.05) is 16.7 Å². The predicted molar refractivity (Wildman–Crippen MR) is 82.3 cm³/mol. The van der Waals surface area contributed by atoms with Gasteiger partial charge in [-0.25, -0.2) is 0 Å². The highest BCUT2D eigenvalue weighted by Gasteiger charge is 2.18. The van der Waals surface area contributed by atoms with Gasteiger partial charge in [-0.05, 0) is 56.0 Å². The van der Waals surface area contributed by atoms with Crippen molar-refractivity contribution in [2.45, 2.75) is 26.7 Å². The molecule has 0 saturated carbocycles. The van der Waals surface area contributed by atoms with Crippen LogP contribution < -0.4 is 5.32 Å². The number of hydrogen-bond acceptors (Lipinski definition) is 2. The van der Waals surface area contributed by atoms with Crippen molar-refractivity contribution in [3.05, 3.63) is 28.2 Å². The SMILES string of the molecule is Cc1cc(NC(=O)CN2CCC[C@@H](C)C2)ccc1Br. The van der Waals surface area contributed by atoms with Gasteiger partial charge in [-0.2, -0.15) is 0 Å². The molecule has 0 aromatic heterocycles. The maximum absolute atomic E-state index is 12.0. The van der Waals surface area contributed by atoms with Gasteiger partial charge >= 0.3 is 0 Å². The Kier molecular flexibility index (Phi) is 4.99. The highest BCUT2D eigenvalue weighted by Crippen LogP contribution is 2.20. The first-order valence-electron chi connectivity index (χ1n) is 6.83. The molecule has 1 aliphatic rings. The summed E-state index contributed by atoms with van der Waals surface area (Å²) in [4.78, 5) is 14.3. The van der Waals surface area contributed by atoms with Gasteiger partial charge < -0.3 is 5.32 Å². The molecule has 0 bridgehead atoms. The van der Waals surface area contributed by atoms with Gasteiger partial charge in [0.15, 0.2) is 0 Å². The van der Waals surface area contributed by atoms with Crippen LogP contribution in [0.2, 0.25) is 0 Å². The molecule has 19 heavy (non-hydrogen) atoms. The molecule has 104 valence electrons. The average molecular weight is 325 g/mol. The fourth-order valence-corrected chi connectivity index (χ4v) is 2.80. The van der Waals surface area contributed by atoms with Gasteiger partial charge in [0.05, 0.1) is 6.54 Å². The van der Waals surface area contributed by atoms with E-state index in [1.165, 1.54) is 12.8 Å². The minimum Gasteiger partial charge on any atom is -0.325 e. The van der Waals surface area contributed by atoms with Gasteiger partial charge in [-0.15, -0.1) is 0 Å². The molecule has 0 unspecified atom stereocenters. The van der Waals surface area contributed by atoms with E-state index in [0.29, 0.717) is 12.5 Å². The average Bonchev–Trinajstić information content (AvgIpc) is 2.34. The number of nitrogens with one attached hydrogen (secondary N) is 1. The van der Waals surface area contributed by atoms with Crippen LogP contribution in [0.4, 0.5) is 5.69 Å². The molecule has 1 atom stereocenters. The highest BCUT2D eigenvalue weighted by atomic mass is 79.9. The summed E-state index contributed by atoms with van der Waals surface area (Å²) in [6.07, 6.45) is 2.48. The molecule has 1 aromatic rings. The maximum atomic E-state index is 12.0. The second-order valence-corrected chi connectivity index (χ2v) is 6.35. The van der Waals surface area contributed by atoms with Crippen LogP contribution in [0.15, 0.2) is 22.7 Å². The fourth-order valence-electron chi connectivity index (χ4n) is 2.56. The molecule has 0 radical (unpaired) electrons. The Morgan fingerprint density at radius 1 is 1.53 bits per heavy atom. The summed E-state index contributed by atoms with van der Waals surface area (Å²) >= 11 is 3.46. The van der Waals surface area contributed by atoms with E-state index in [0.717, 1.165) is 28.8 Å². The zero-order valence-electron chi connectivity index (χ0n) is 11.6. The van der Waals surface area contributed by atoms with Crippen molar-refractivity contribution in [1.82, 2.24) is 4.90 Å². The van der Waals surface area contributed by atoms with Crippen molar-refractivity contribution in [2.75, 3.05) is 25.0 Å². The molecule has 1 heterocycles. The number of anilines is 1. The molecular weight excluding hydrogens is 304 g/mol. The third-order valence-corrected chi connectivity index (χ3v) is 4.44. The molecule has 1 fully saturated rings. The monoisotopic (exact) mass is 324 g/mol. The first-order valence-corrected chi connectivity index (χ1v) is 7.62. The van der Waals surface area contributed by atoms with Crippen molar-refractivity contribution < 1.29 is 4.79 Å². The fraction of sp³-hybridized carbons (Fsp3) is 0.533. The van der Waals surface area contributed by atoms with Crippen LogP contribution in [0.25, 0.3) is 0 Å². The lowest BCUT2D eigenvalue weighted by molar-refractivity contribution is -0.117. The van der Waals surface area contributed by atoms with Crippen LogP contribution in [0.3, 0.4) is 0 Å². The number of hydrogen-bond donors (Lipinski definition) is 1. The number of aryl methyl sites for hydroxylation is 1. The van der Waals surface area contributed by atoms with Gasteiger partial charge in [0.2, 0.25) is 5.91 Å². The summed E-state index contributed by atoms with van der Waals surface area (Å²) in [6.45, 7) is 6.84. The van der Waals surface area contributed by atoms with Crippen LogP contribution in [-0.4, -0.2) is 30.4 Å². The molecule has 1 aromatic carbocycles. The number of halogens is 1. The summed E-state index contributed by atoms with van der Waals surface area (Å²) in [5.74, 6) is 0.785. The Labute approximate surface area is 123 Å². The zero-order chi connectivity index (χ0) is 13.8. The lowest BCUT2D eigenvalue weighted by atomic mass is 10.0. The topological polar surface area (TPSA) is 32.3 Å². The summed E-state index contributed by atoms with van der Waals surface area (Å²) in [6, 6.07) is 5.88. The summed E-state index contributed by atoms with van der Waals surface area (Å²) in [7, 11) is 0. The van der Waals surface area contributed by atoms with Crippen molar-refractivity contribution in [2.24, 2.45) is 5.92 Å². The second-order valence-electron chi connectivity index (χ2n) is 5.49. The third-order valence-electron chi connectivity index (χ3n) is 3.55. The number of piperidine rings is 1. The number of benzene rings is 1. The number of likely N-dealkylation sites (tertiary alicyclic amines) is 1. The smallest absolute Gasteiger partial charge is 0.238 e. The van der Waals surface area contributed by atoms with Crippen molar-refractivity contribution in [3.8, 4) is 0 Å². The van der Waals surface area contributed by atoms with Crippen molar-refractivity contribution in [3.63, 3.8) is 0 Å². The highest BCUT2D eigenvalue weighted by molar-refractivity contribution is 9.10.